The minimum absolute atomic E-state index is 0.00237. The van der Waals surface area contributed by atoms with Crippen molar-refractivity contribution in [2.24, 2.45) is 5.92 Å². The van der Waals surface area contributed by atoms with Gasteiger partial charge in [0.2, 0.25) is 10.0 Å². The van der Waals surface area contributed by atoms with Crippen molar-refractivity contribution in [1.82, 2.24) is 4.31 Å². The second kappa shape index (κ2) is 6.96. The highest BCUT2D eigenvalue weighted by atomic mass is 35.5. The van der Waals surface area contributed by atoms with Crippen LogP contribution in [0.5, 0.6) is 5.75 Å². The van der Waals surface area contributed by atoms with Crippen LogP contribution in [-0.2, 0) is 19.9 Å². The number of piperidine rings is 1. The molecule has 0 aromatic heterocycles. The van der Waals surface area contributed by atoms with Crippen molar-refractivity contribution in [3.05, 3.63) is 23.2 Å². The lowest BCUT2D eigenvalue weighted by molar-refractivity contribution is 0.282. The molecule has 0 aliphatic carbocycles. The highest BCUT2D eigenvalue weighted by Gasteiger charge is 2.31. The predicted octanol–water partition coefficient (Wildman–Crippen LogP) is 1.79. The number of sulfonamides is 1. The molecular weight excluding hydrogens is 362 g/mol. The van der Waals surface area contributed by atoms with Crippen LogP contribution in [0.25, 0.3) is 0 Å². The molecule has 1 aromatic carbocycles. The van der Waals surface area contributed by atoms with E-state index in [4.69, 9.17) is 16.3 Å². The van der Waals surface area contributed by atoms with Gasteiger partial charge in [-0.15, -0.1) is 0 Å². The second-order valence-corrected chi connectivity index (χ2v) is 10.3. The Labute approximate surface area is 142 Å². The van der Waals surface area contributed by atoms with Crippen molar-refractivity contribution in [1.29, 1.82) is 0 Å². The van der Waals surface area contributed by atoms with Crippen LogP contribution >= 0.6 is 11.6 Å². The molecule has 1 aliphatic heterocycles. The van der Waals surface area contributed by atoms with Crippen molar-refractivity contribution in [3.8, 4) is 5.75 Å². The SMILES string of the molecule is COc1ccc(S(=O)(=O)N2CCCC(CS(C)(=O)=O)C2)cc1Cl. The molecular formula is C14H20ClNO5S2. The lowest BCUT2D eigenvalue weighted by atomic mass is 10.0. The largest absolute Gasteiger partial charge is 0.495 e. The summed E-state index contributed by atoms with van der Waals surface area (Å²) in [7, 11) is -5.38. The molecule has 1 atom stereocenters. The summed E-state index contributed by atoms with van der Waals surface area (Å²) in [6.45, 7) is 0.589. The highest BCUT2D eigenvalue weighted by molar-refractivity contribution is 7.90. The summed E-state index contributed by atoms with van der Waals surface area (Å²) in [4.78, 5) is 0.0864. The number of benzene rings is 1. The average Bonchev–Trinajstić information content (AvgIpc) is 2.45. The fourth-order valence-corrected chi connectivity index (χ4v) is 5.80. The van der Waals surface area contributed by atoms with Gasteiger partial charge in [-0.3, -0.25) is 0 Å². The molecule has 1 aliphatic rings. The number of hydrogen-bond donors (Lipinski definition) is 0. The average molecular weight is 382 g/mol. The van der Waals surface area contributed by atoms with Crippen LogP contribution in [-0.4, -0.2) is 53.3 Å². The van der Waals surface area contributed by atoms with Crippen molar-refractivity contribution in [2.75, 3.05) is 32.2 Å². The Kier molecular flexibility index (Phi) is 5.60. The Bertz CT molecular complexity index is 776. The molecule has 0 radical (unpaired) electrons. The summed E-state index contributed by atoms with van der Waals surface area (Å²) in [6.07, 6.45) is 2.52. The predicted molar refractivity (Wildman–Crippen MR) is 89.2 cm³/mol. The third kappa shape index (κ3) is 4.59. The first-order valence-corrected chi connectivity index (χ1v) is 11.0. The van der Waals surface area contributed by atoms with E-state index in [0.717, 1.165) is 0 Å². The number of methoxy groups -OCH3 is 1. The summed E-state index contributed by atoms with van der Waals surface area (Å²) < 4.78 is 54.7. The van der Waals surface area contributed by atoms with Crippen LogP contribution in [0.2, 0.25) is 5.02 Å². The summed E-state index contributed by atoms with van der Waals surface area (Å²) in [6, 6.07) is 4.31. The van der Waals surface area contributed by atoms with Gasteiger partial charge < -0.3 is 4.74 Å². The van der Waals surface area contributed by atoms with Crippen LogP contribution in [0.4, 0.5) is 0 Å². The van der Waals surface area contributed by atoms with Gasteiger partial charge in [-0.05, 0) is 37.0 Å². The van der Waals surface area contributed by atoms with Gasteiger partial charge in [0.15, 0.2) is 0 Å². The minimum Gasteiger partial charge on any atom is -0.495 e. The summed E-state index contributed by atoms with van der Waals surface area (Å²) in [5.41, 5.74) is 0. The fraction of sp³-hybridized carbons (Fsp3) is 0.571. The van der Waals surface area contributed by atoms with Crippen molar-refractivity contribution in [3.63, 3.8) is 0 Å². The maximum Gasteiger partial charge on any atom is 0.243 e. The molecule has 9 heteroatoms. The third-order valence-corrected chi connectivity index (χ3v) is 7.01. The van der Waals surface area contributed by atoms with E-state index in [1.807, 2.05) is 0 Å². The first kappa shape index (κ1) is 18.5. The summed E-state index contributed by atoms with van der Waals surface area (Å²) in [5, 5.41) is 0.221. The van der Waals surface area contributed by atoms with E-state index >= 15 is 0 Å². The molecule has 0 spiro atoms. The molecule has 0 saturated carbocycles. The Hall–Kier alpha value is -0.830. The van der Waals surface area contributed by atoms with E-state index in [2.05, 4.69) is 0 Å². The van der Waals surface area contributed by atoms with Gasteiger partial charge >= 0.3 is 0 Å². The molecule has 130 valence electrons. The van der Waals surface area contributed by atoms with E-state index in [0.29, 0.717) is 25.1 Å². The molecule has 6 nitrogen and oxygen atoms in total. The van der Waals surface area contributed by atoms with Gasteiger partial charge in [0, 0.05) is 19.3 Å². The van der Waals surface area contributed by atoms with Crippen LogP contribution < -0.4 is 4.74 Å². The number of halogens is 1. The zero-order valence-electron chi connectivity index (χ0n) is 13.0. The van der Waals surface area contributed by atoms with E-state index in [1.54, 1.807) is 0 Å². The maximum absolute atomic E-state index is 12.7. The van der Waals surface area contributed by atoms with Crippen LogP contribution in [0.1, 0.15) is 12.8 Å². The molecule has 1 fully saturated rings. The molecule has 1 unspecified atom stereocenters. The lowest BCUT2D eigenvalue weighted by Crippen LogP contribution is -2.41. The van der Waals surface area contributed by atoms with E-state index < -0.39 is 19.9 Å². The Balaban J connectivity index is 2.23. The second-order valence-electron chi connectivity index (χ2n) is 5.76. The topological polar surface area (TPSA) is 80.8 Å². The van der Waals surface area contributed by atoms with E-state index in [9.17, 15) is 16.8 Å². The molecule has 1 heterocycles. The highest BCUT2D eigenvalue weighted by Crippen LogP contribution is 2.30. The number of hydrogen-bond acceptors (Lipinski definition) is 5. The van der Waals surface area contributed by atoms with Crippen molar-refractivity contribution >= 4 is 31.5 Å². The van der Waals surface area contributed by atoms with Gasteiger partial charge in [-0.1, -0.05) is 11.6 Å². The molecule has 0 N–H and O–H groups in total. The first-order chi connectivity index (χ1) is 10.6. The maximum atomic E-state index is 12.7. The molecule has 23 heavy (non-hydrogen) atoms. The van der Waals surface area contributed by atoms with E-state index in [-0.39, 0.29) is 28.1 Å². The minimum atomic E-state index is -3.70. The Morgan fingerprint density at radius 3 is 2.57 bits per heavy atom. The number of ether oxygens (including phenoxy) is 1. The Morgan fingerprint density at radius 1 is 1.30 bits per heavy atom. The fourth-order valence-electron chi connectivity index (χ4n) is 2.77. The lowest BCUT2D eigenvalue weighted by Gasteiger charge is -2.31. The zero-order chi connectivity index (χ0) is 17.3. The molecule has 1 saturated heterocycles. The summed E-state index contributed by atoms with van der Waals surface area (Å²) in [5.74, 6) is 0.226. The zero-order valence-corrected chi connectivity index (χ0v) is 15.4. The van der Waals surface area contributed by atoms with Gasteiger partial charge in [0.1, 0.15) is 15.6 Å². The van der Waals surface area contributed by atoms with Crippen LogP contribution in [0.15, 0.2) is 23.1 Å². The Morgan fingerprint density at radius 2 is 2.00 bits per heavy atom. The first-order valence-electron chi connectivity index (χ1n) is 7.15. The number of sulfone groups is 1. The van der Waals surface area contributed by atoms with Crippen molar-refractivity contribution in [2.45, 2.75) is 17.7 Å². The van der Waals surface area contributed by atoms with Gasteiger partial charge in [-0.2, -0.15) is 4.31 Å². The molecule has 0 bridgehead atoms. The molecule has 2 rings (SSSR count). The monoisotopic (exact) mass is 381 g/mol. The van der Waals surface area contributed by atoms with Gasteiger partial charge in [0.05, 0.1) is 22.8 Å². The number of rotatable bonds is 5. The quantitative estimate of drug-likeness (QED) is 0.776. The van der Waals surface area contributed by atoms with Crippen LogP contribution in [0, 0.1) is 5.92 Å². The molecule has 1 aromatic rings. The third-order valence-electron chi connectivity index (χ3n) is 3.78. The summed E-state index contributed by atoms with van der Waals surface area (Å²) >= 11 is 6.00. The van der Waals surface area contributed by atoms with Crippen LogP contribution in [0.3, 0.4) is 0 Å². The number of nitrogens with zero attached hydrogens (tertiary/aromatic N) is 1. The normalized spacial score (nSPS) is 20.4. The van der Waals surface area contributed by atoms with Gasteiger partial charge in [0.25, 0.3) is 0 Å². The van der Waals surface area contributed by atoms with Gasteiger partial charge in [-0.25, -0.2) is 16.8 Å². The standard InChI is InChI=1S/C14H20ClNO5S2/c1-21-14-6-5-12(8-13(14)15)23(19,20)16-7-3-4-11(9-16)10-22(2,17)18/h5-6,8,11H,3-4,7,9-10H2,1-2H3. The smallest absolute Gasteiger partial charge is 0.243 e. The van der Waals surface area contributed by atoms with E-state index in [1.165, 1.54) is 35.9 Å². The van der Waals surface area contributed by atoms with Crippen molar-refractivity contribution < 1.29 is 21.6 Å². The molecule has 0 amide bonds.